The number of halogens is 1. The molecule has 1 fully saturated rings. The molecule has 8 nitrogen and oxygen atoms in total. The normalized spacial score (nSPS) is 19.3. The number of rotatable bonds is 7. The van der Waals surface area contributed by atoms with Crippen molar-refractivity contribution in [1.29, 1.82) is 0 Å². The Morgan fingerprint density at radius 3 is 2.54 bits per heavy atom. The Hall–Kier alpha value is -2.97. The van der Waals surface area contributed by atoms with Crippen molar-refractivity contribution in [2.24, 2.45) is 0 Å². The lowest BCUT2D eigenvalue weighted by Crippen LogP contribution is -2.43. The van der Waals surface area contributed by atoms with Crippen LogP contribution < -0.4 is 10.1 Å². The van der Waals surface area contributed by atoms with E-state index in [0.717, 1.165) is 11.0 Å². The van der Waals surface area contributed by atoms with Gasteiger partial charge in [0, 0.05) is 5.56 Å². The maximum Gasteiger partial charge on any atom is 0.326 e. The van der Waals surface area contributed by atoms with E-state index in [-0.39, 0.29) is 11.3 Å². The first kappa shape index (κ1) is 19.4. The maximum atomic E-state index is 13.6. The lowest BCUT2D eigenvalue weighted by Gasteiger charge is -2.18. The number of urea groups is 1. The third kappa shape index (κ3) is 3.81. The highest BCUT2D eigenvalue weighted by molar-refractivity contribution is 6.08. The molecule has 3 amide bonds. The topological polar surface area (TPSA) is 102 Å². The van der Waals surface area contributed by atoms with Gasteiger partial charge in [0.1, 0.15) is 12.1 Å². The summed E-state index contributed by atoms with van der Waals surface area (Å²) < 4.78 is 23.1. The van der Waals surface area contributed by atoms with E-state index in [1.165, 1.54) is 19.2 Å². The van der Waals surface area contributed by atoms with Gasteiger partial charge in [-0.1, -0.05) is 6.92 Å². The van der Waals surface area contributed by atoms with Crippen molar-refractivity contribution < 1.29 is 33.0 Å². The molecule has 0 radical (unpaired) electrons. The number of ketones is 1. The summed E-state index contributed by atoms with van der Waals surface area (Å²) in [6.07, 6.45) is 0.366. The minimum Gasteiger partial charge on any atom is -0.494 e. The van der Waals surface area contributed by atoms with E-state index in [4.69, 9.17) is 9.47 Å². The van der Waals surface area contributed by atoms with Crippen LogP contribution in [0.25, 0.3) is 0 Å². The van der Waals surface area contributed by atoms with Gasteiger partial charge in [-0.2, -0.15) is 0 Å². The van der Waals surface area contributed by atoms with Crippen molar-refractivity contribution in [3.63, 3.8) is 0 Å². The van der Waals surface area contributed by atoms with Crippen molar-refractivity contribution in [1.82, 2.24) is 10.2 Å². The quantitative estimate of drug-likeness (QED) is 0.443. The average Bonchev–Trinajstić information content (AvgIpc) is 2.83. The summed E-state index contributed by atoms with van der Waals surface area (Å²) in [4.78, 5) is 48.6. The average molecular weight is 366 g/mol. The number of carbonyl (C=O) groups is 4. The second-order valence-corrected chi connectivity index (χ2v) is 5.94. The third-order valence-electron chi connectivity index (χ3n) is 4.18. The molecule has 1 heterocycles. The van der Waals surface area contributed by atoms with Crippen LogP contribution in [-0.4, -0.2) is 54.4 Å². The van der Waals surface area contributed by atoms with Crippen LogP contribution in [0.15, 0.2) is 18.2 Å². The molecule has 140 valence electrons. The number of carbonyl (C=O) groups excluding carboxylic acids is 4. The zero-order chi connectivity index (χ0) is 19.5. The van der Waals surface area contributed by atoms with Gasteiger partial charge in [0.2, 0.25) is 0 Å². The standard InChI is InChI=1S/C17H19FN2O6/c1-4-17(2)15(23)20(16(24)19-17)8-14(22)26-9-12(21)10-5-6-13(25-3)11(18)7-10/h5-7H,4,8-9H2,1-3H3,(H,19,24)/t17-/m0/s1. The summed E-state index contributed by atoms with van der Waals surface area (Å²) in [6, 6.07) is 2.89. The first-order chi connectivity index (χ1) is 12.2. The predicted molar refractivity (Wildman–Crippen MR) is 87.2 cm³/mol. The largest absolute Gasteiger partial charge is 0.494 e. The monoisotopic (exact) mass is 366 g/mol. The minimum absolute atomic E-state index is 0.00431. The van der Waals surface area contributed by atoms with Crippen LogP contribution in [0, 0.1) is 5.82 Å². The summed E-state index contributed by atoms with van der Waals surface area (Å²) in [7, 11) is 1.29. The first-order valence-corrected chi connectivity index (χ1v) is 7.88. The highest BCUT2D eigenvalue weighted by Crippen LogP contribution is 2.21. The second kappa shape index (κ2) is 7.51. The molecule has 1 saturated heterocycles. The Labute approximate surface area is 149 Å². The Morgan fingerprint density at radius 2 is 2.00 bits per heavy atom. The smallest absolute Gasteiger partial charge is 0.326 e. The number of nitrogens with zero attached hydrogens (tertiary/aromatic N) is 1. The minimum atomic E-state index is -1.06. The molecule has 1 N–H and O–H groups in total. The van der Waals surface area contributed by atoms with Crippen molar-refractivity contribution in [2.75, 3.05) is 20.3 Å². The molecule has 0 saturated carbocycles. The van der Waals surface area contributed by atoms with Gasteiger partial charge in [0.25, 0.3) is 5.91 Å². The Kier molecular flexibility index (Phi) is 5.59. The van der Waals surface area contributed by atoms with Crippen LogP contribution >= 0.6 is 0 Å². The molecule has 1 aromatic rings. The number of imide groups is 1. The number of methoxy groups -OCH3 is 1. The lowest BCUT2D eigenvalue weighted by atomic mass is 9.99. The third-order valence-corrected chi connectivity index (χ3v) is 4.18. The van der Waals surface area contributed by atoms with Gasteiger partial charge in [-0.25, -0.2) is 9.18 Å². The van der Waals surface area contributed by atoms with Crippen molar-refractivity contribution in [2.45, 2.75) is 25.8 Å². The lowest BCUT2D eigenvalue weighted by molar-refractivity contribution is -0.146. The Balaban J connectivity index is 1.93. The number of esters is 1. The SMILES string of the molecule is CC[C@]1(C)NC(=O)N(CC(=O)OCC(=O)c2ccc(OC)c(F)c2)C1=O. The predicted octanol–water partition coefficient (Wildman–Crippen LogP) is 1.28. The number of Topliss-reactive ketones (excluding diaryl/α,β-unsaturated/α-hetero) is 1. The van der Waals surface area contributed by atoms with E-state index >= 15 is 0 Å². The Morgan fingerprint density at radius 1 is 1.31 bits per heavy atom. The highest BCUT2D eigenvalue weighted by Gasteiger charge is 2.47. The molecule has 0 aliphatic carbocycles. The molecule has 0 spiro atoms. The summed E-state index contributed by atoms with van der Waals surface area (Å²) in [6.45, 7) is 2.04. The number of hydrogen-bond acceptors (Lipinski definition) is 6. The molecule has 0 aromatic heterocycles. The summed E-state index contributed by atoms with van der Waals surface area (Å²) in [5.41, 5.74) is -1.06. The van der Waals surface area contributed by atoms with Gasteiger partial charge in [-0.15, -0.1) is 0 Å². The molecule has 0 unspecified atom stereocenters. The van der Waals surface area contributed by atoms with Crippen LogP contribution in [0.2, 0.25) is 0 Å². The molecular formula is C17H19FN2O6. The highest BCUT2D eigenvalue weighted by atomic mass is 19.1. The molecule has 1 aliphatic heterocycles. The van der Waals surface area contributed by atoms with E-state index in [0.29, 0.717) is 6.42 Å². The zero-order valence-electron chi connectivity index (χ0n) is 14.6. The molecular weight excluding hydrogens is 347 g/mol. The van der Waals surface area contributed by atoms with Gasteiger partial charge >= 0.3 is 12.0 Å². The molecule has 26 heavy (non-hydrogen) atoms. The zero-order valence-corrected chi connectivity index (χ0v) is 14.6. The van der Waals surface area contributed by atoms with Gasteiger partial charge < -0.3 is 14.8 Å². The maximum absolute atomic E-state index is 13.6. The van der Waals surface area contributed by atoms with E-state index < -0.39 is 48.2 Å². The molecule has 1 aromatic carbocycles. The van der Waals surface area contributed by atoms with Crippen molar-refractivity contribution in [3.05, 3.63) is 29.6 Å². The number of benzene rings is 1. The fraction of sp³-hybridized carbons (Fsp3) is 0.412. The number of ether oxygens (including phenoxy) is 2. The van der Waals surface area contributed by atoms with E-state index in [2.05, 4.69) is 5.32 Å². The van der Waals surface area contributed by atoms with Gasteiger partial charge in [0.15, 0.2) is 24.0 Å². The number of hydrogen-bond donors (Lipinski definition) is 1. The summed E-state index contributed by atoms with van der Waals surface area (Å²) in [5, 5.41) is 2.50. The van der Waals surface area contributed by atoms with E-state index in [1.54, 1.807) is 13.8 Å². The summed E-state index contributed by atoms with van der Waals surface area (Å²) >= 11 is 0. The van der Waals surface area contributed by atoms with Gasteiger partial charge in [0.05, 0.1) is 7.11 Å². The van der Waals surface area contributed by atoms with Crippen LogP contribution in [0.1, 0.15) is 30.6 Å². The van der Waals surface area contributed by atoms with E-state index in [9.17, 15) is 23.6 Å². The summed E-state index contributed by atoms with van der Waals surface area (Å²) in [5.74, 6) is -2.82. The second-order valence-electron chi connectivity index (χ2n) is 5.94. The fourth-order valence-corrected chi connectivity index (χ4v) is 2.37. The van der Waals surface area contributed by atoms with Gasteiger partial charge in [-0.3, -0.25) is 19.3 Å². The molecule has 1 aliphatic rings. The van der Waals surface area contributed by atoms with E-state index in [1.807, 2.05) is 0 Å². The van der Waals surface area contributed by atoms with Crippen molar-refractivity contribution >= 4 is 23.7 Å². The van der Waals surface area contributed by atoms with Crippen LogP contribution in [0.5, 0.6) is 5.75 Å². The molecule has 9 heteroatoms. The Bertz CT molecular complexity index is 766. The van der Waals surface area contributed by atoms with Crippen LogP contribution in [-0.2, 0) is 14.3 Å². The molecule has 1 atom stereocenters. The van der Waals surface area contributed by atoms with Crippen LogP contribution in [0.4, 0.5) is 9.18 Å². The van der Waals surface area contributed by atoms with Crippen LogP contribution in [0.3, 0.4) is 0 Å². The van der Waals surface area contributed by atoms with Gasteiger partial charge in [-0.05, 0) is 31.5 Å². The van der Waals surface area contributed by atoms with Crippen molar-refractivity contribution in [3.8, 4) is 5.75 Å². The fourth-order valence-electron chi connectivity index (χ4n) is 2.37. The number of nitrogens with one attached hydrogen (secondary N) is 1. The molecule has 0 bridgehead atoms. The first-order valence-electron chi connectivity index (χ1n) is 7.88. The number of amides is 3. The molecule has 2 rings (SSSR count).